The van der Waals surface area contributed by atoms with E-state index in [4.69, 9.17) is 0 Å². The minimum atomic E-state index is -0.351. The van der Waals surface area contributed by atoms with E-state index in [9.17, 15) is 4.79 Å². The fraction of sp³-hybridized carbons (Fsp3) is 0.231. The third-order valence-corrected chi connectivity index (χ3v) is 3.16. The van der Waals surface area contributed by atoms with E-state index >= 15 is 0 Å². The van der Waals surface area contributed by atoms with Gasteiger partial charge in [0, 0.05) is 11.9 Å². The number of carbonyl (C=O) groups excluding carboxylic acids is 1. The molecule has 0 spiro atoms. The molecule has 1 amide bonds. The molecule has 5 heteroatoms. The number of aryl methyl sites for hydroxylation is 1. The van der Waals surface area contributed by atoms with Crippen molar-refractivity contribution in [1.82, 2.24) is 9.78 Å². The predicted molar refractivity (Wildman–Crippen MR) is 74.4 cm³/mol. The second-order valence-corrected chi connectivity index (χ2v) is 5.03. The molecule has 2 aromatic rings. The number of para-hydroxylation sites is 1. The Morgan fingerprint density at radius 2 is 2.17 bits per heavy atom. The third kappa shape index (κ3) is 2.79. The molecule has 0 saturated carbocycles. The summed E-state index contributed by atoms with van der Waals surface area (Å²) in [4.78, 5) is 12.1. The molecule has 1 atom stereocenters. The van der Waals surface area contributed by atoms with Crippen molar-refractivity contribution in [1.29, 1.82) is 0 Å². The van der Waals surface area contributed by atoms with Crippen molar-refractivity contribution in [2.75, 3.05) is 5.32 Å². The van der Waals surface area contributed by atoms with Gasteiger partial charge >= 0.3 is 0 Å². The van der Waals surface area contributed by atoms with Crippen LogP contribution in [0.2, 0.25) is 0 Å². The summed E-state index contributed by atoms with van der Waals surface area (Å²) >= 11 is 3.31. The van der Waals surface area contributed by atoms with Gasteiger partial charge in [0.1, 0.15) is 6.04 Å². The van der Waals surface area contributed by atoms with E-state index in [1.54, 1.807) is 17.1 Å². The van der Waals surface area contributed by atoms with Gasteiger partial charge in [-0.2, -0.15) is 5.10 Å². The quantitative estimate of drug-likeness (QED) is 0.947. The number of amides is 1. The lowest BCUT2D eigenvalue weighted by molar-refractivity contribution is -0.119. The number of anilines is 1. The van der Waals surface area contributed by atoms with Gasteiger partial charge in [-0.15, -0.1) is 0 Å². The summed E-state index contributed by atoms with van der Waals surface area (Å²) in [6.45, 7) is 3.78. The molecule has 94 valence electrons. The van der Waals surface area contributed by atoms with Gasteiger partial charge in [0.25, 0.3) is 0 Å². The molecule has 0 aliphatic heterocycles. The lowest BCUT2D eigenvalue weighted by Crippen LogP contribution is -2.24. The molecule has 0 saturated heterocycles. The highest BCUT2D eigenvalue weighted by Gasteiger charge is 2.16. The molecule has 0 aliphatic rings. The lowest BCUT2D eigenvalue weighted by Gasteiger charge is -2.13. The van der Waals surface area contributed by atoms with Gasteiger partial charge in [0.2, 0.25) is 5.91 Å². The van der Waals surface area contributed by atoms with E-state index in [1.165, 1.54) is 0 Å². The van der Waals surface area contributed by atoms with E-state index < -0.39 is 0 Å². The van der Waals surface area contributed by atoms with E-state index in [1.807, 2.05) is 38.1 Å². The van der Waals surface area contributed by atoms with Crippen molar-refractivity contribution in [3.63, 3.8) is 0 Å². The molecule has 1 heterocycles. The molecule has 0 aliphatic carbocycles. The van der Waals surface area contributed by atoms with Crippen molar-refractivity contribution in [2.24, 2.45) is 0 Å². The Labute approximate surface area is 114 Å². The molecule has 4 nitrogen and oxygen atoms in total. The summed E-state index contributed by atoms with van der Waals surface area (Å²) in [6.07, 6.45) is 3.44. The van der Waals surface area contributed by atoms with E-state index in [0.29, 0.717) is 0 Å². The Morgan fingerprint density at radius 1 is 1.44 bits per heavy atom. The SMILES string of the molecule is Cc1ccccc1NC(=O)C(C)n1cc(Br)cn1. The molecular weight excluding hydrogens is 294 g/mol. The van der Waals surface area contributed by atoms with E-state index in [-0.39, 0.29) is 11.9 Å². The molecule has 0 bridgehead atoms. The first-order chi connectivity index (χ1) is 8.58. The Hall–Kier alpha value is -1.62. The van der Waals surface area contributed by atoms with Crippen LogP contribution in [-0.4, -0.2) is 15.7 Å². The minimum Gasteiger partial charge on any atom is -0.324 e. The number of nitrogens with zero attached hydrogens (tertiary/aromatic N) is 2. The van der Waals surface area contributed by atoms with Gasteiger partial charge in [-0.1, -0.05) is 18.2 Å². The summed E-state index contributed by atoms with van der Waals surface area (Å²) in [7, 11) is 0. The molecule has 1 aromatic heterocycles. The summed E-state index contributed by atoms with van der Waals surface area (Å²) in [5, 5.41) is 7.01. The number of nitrogens with one attached hydrogen (secondary N) is 1. The summed E-state index contributed by atoms with van der Waals surface area (Å²) < 4.78 is 2.48. The van der Waals surface area contributed by atoms with Crippen LogP contribution in [0.3, 0.4) is 0 Å². The van der Waals surface area contributed by atoms with Gasteiger partial charge in [-0.3, -0.25) is 9.48 Å². The number of aromatic nitrogens is 2. The number of benzene rings is 1. The minimum absolute atomic E-state index is 0.0834. The van der Waals surface area contributed by atoms with Crippen LogP contribution < -0.4 is 5.32 Å². The summed E-state index contributed by atoms with van der Waals surface area (Å²) in [5.41, 5.74) is 1.88. The molecular formula is C13H14BrN3O. The summed E-state index contributed by atoms with van der Waals surface area (Å²) in [5.74, 6) is -0.0834. The number of hydrogen-bond donors (Lipinski definition) is 1. The first-order valence-electron chi connectivity index (χ1n) is 5.64. The van der Waals surface area contributed by atoms with Crippen molar-refractivity contribution in [2.45, 2.75) is 19.9 Å². The largest absolute Gasteiger partial charge is 0.324 e. The molecule has 0 radical (unpaired) electrons. The second-order valence-electron chi connectivity index (χ2n) is 4.12. The Morgan fingerprint density at radius 3 is 2.78 bits per heavy atom. The zero-order valence-electron chi connectivity index (χ0n) is 10.2. The maximum Gasteiger partial charge on any atom is 0.248 e. The van der Waals surface area contributed by atoms with Crippen LogP contribution >= 0.6 is 15.9 Å². The number of rotatable bonds is 3. The molecule has 1 aromatic carbocycles. The van der Waals surface area contributed by atoms with Gasteiger partial charge in [0.05, 0.1) is 10.7 Å². The highest BCUT2D eigenvalue weighted by atomic mass is 79.9. The number of halogens is 1. The monoisotopic (exact) mass is 307 g/mol. The zero-order valence-corrected chi connectivity index (χ0v) is 11.8. The topological polar surface area (TPSA) is 46.9 Å². The molecule has 18 heavy (non-hydrogen) atoms. The fourth-order valence-corrected chi connectivity index (χ4v) is 1.90. The maximum atomic E-state index is 12.1. The first kappa shape index (κ1) is 12.8. The number of hydrogen-bond acceptors (Lipinski definition) is 2. The highest BCUT2D eigenvalue weighted by molar-refractivity contribution is 9.10. The molecule has 2 rings (SSSR count). The van der Waals surface area contributed by atoms with Gasteiger partial charge < -0.3 is 5.32 Å². The third-order valence-electron chi connectivity index (χ3n) is 2.75. The zero-order chi connectivity index (χ0) is 13.1. The average molecular weight is 308 g/mol. The van der Waals surface area contributed by atoms with Crippen LogP contribution in [0.5, 0.6) is 0 Å². The van der Waals surface area contributed by atoms with Crippen LogP contribution in [0, 0.1) is 6.92 Å². The molecule has 0 fully saturated rings. The van der Waals surface area contributed by atoms with Gasteiger partial charge in [0.15, 0.2) is 0 Å². The van der Waals surface area contributed by atoms with Crippen LogP contribution in [0.4, 0.5) is 5.69 Å². The van der Waals surface area contributed by atoms with E-state index in [2.05, 4.69) is 26.3 Å². The number of carbonyl (C=O) groups is 1. The average Bonchev–Trinajstić information content (AvgIpc) is 2.78. The fourth-order valence-electron chi connectivity index (χ4n) is 1.60. The first-order valence-corrected chi connectivity index (χ1v) is 6.43. The summed E-state index contributed by atoms with van der Waals surface area (Å²) in [6, 6.07) is 7.34. The van der Waals surface area contributed by atoms with Gasteiger partial charge in [-0.25, -0.2) is 0 Å². The lowest BCUT2D eigenvalue weighted by atomic mass is 10.2. The van der Waals surface area contributed by atoms with Crippen LogP contribution in [0.15, 0.2) is 41.1 Å². The highest BCUT2D eigenvalue weighted by Crippen LogP contribution is 2.17. The van der Waals surface area contributed by atoms with Crippen LogP contribution in [-0.2, 0) is 4.79 Å². The standard InChI is InChI=1S/C13H14BrN3O/c1-9-5-3-4-6-12(9)16-13(18)10(2)17-8-11(14)7-15-17/h3-8,10H,1-2H3,(H,16,18). The Kier molecular flexibility index (Phi) is 3.81. The molecule has 1 N–H and O–H groups in total. The second kappa shape index (κ2) is 5.35. The van der Waals surface area contributed by atoms with Crippen molar-refractivity contribution in [3.05, 3.63) is 46.7 Å². The van der Waals surface area contributed by atoms with Crippen LogP contribution in [0.1, 0.15) is 18.5 Å². The Bertz CT molecular complexity index is 565. The van der Waals surface area contributed by atoms with Crippen LogP contribution in [0.25, 0.3) is 0 Å². The van der Waals surface area contributed by atoms with Gasteiger partial charge in [-0.05, 0) is 41.4 Å². The van der Waals surface area contributed by atoms with Crippen molar-refractivity contribution < 1.29 is 4.79 Å². The maximum absolute atomic E-state index is 12.1. The predicted octanol–water partition coefficient (Wildman–Crippen LogP) is 3.15. The molecule has 1 unspecified atom stereocenters. The van der Waals surface area contributed by atoms with Crippen molar-refractivity contribution >= 4 is 27.5 Å². The smallest absolute Gasteiger partial charge is 0.248 e. The van der Waals surface area contributed by atoms with E-state index in [0.717, 1.165) is 15.7 Å². The van der Waals surface area contributed by atoms with Crippen molar-refractivity contribution in [3.8, 4) is 0 Å². The Balaban J connectivity index is 2.11. The normalized spacial score (nSPS) is 12.2.